The van der Waals surface area contributed by atoms with Gasteiger partial charge in [-0.1, -0.05) is 30.7 Å². The summed E-state index contributed by atoms with van der Waals surface area (Å²) in [7, 11) is 2.09. The highest BCUT2D eigenvalue weighted by Crippen LogP contribution is 2.29. The second kappa shape index (κ2) is 6.73. The smallest absolute Gasteiger partial charge is 0.0449 e. The highest BCUT2D eigenvalue weighted by atomic mass is 15.2. The van der Waals surface area contributed by atoms with E-state index >= 15 is 0 Å². The van der Waals surface area contributed by atoms with Crippen molar-refractivity contribution in [2.75, 3.05) is 13.6 Å². The first-order chi connectivity index (χ1) is 9.56. The van der Waals surface area contributed by atoms with Gasteiger partial charge in [-0.25, -0.2) is 0 Å². The molecule has 0 radical (unpaired) electrons. The summed E-state index contributed by atoms with van der Waals surface area (Å²) in [4.78, 5) is 2.71. The van der Waals surface area contributed by atoms with Crippen LogP contribution in [0.5, 0.6) is 0 Å². The third kappa shape index (κ3) is 3.24. The van der Waals surface area contributed by atoms with Crippen LogP contribution in [0.15, 0.2) is 18.2 Å². The van der Waals surface area contributed by atoms with Crippen LogP contribution >= 0.6 is 0 Å². The van der Waals surface area contributed by atoms with Gasteiger partial charge >= 0.3 is 0 Å². The molecule has 0 aromatic heterocycles. The normalized spacial score (nSPS) is 25.1. The fraction of sp³-hybridized carbons (Fsp3) is 0.667. The summed E-state index contributed by atoms with van der Waals surface area (Å²) in [5, 5.41) is 3.53. The van der Waals surface area contributed by atoms with E-state index < -0.39 is 0 Å². The summed E-state index contributed by atoms with van der Waals surface area (Å²) >= 11 is 0. The Hall–Kier alpha value is -0.860. The van der Waals surface area contributed by atoms with Crippen LogP contribution in [0, 0.1) is 13.8 Å². The van der Waals surface area contributed by atoms with E-state index in [0.29, 0.717) is 6.04 Å². The van der Waals surface area contributed by atoms with Crippen molar-refractivity contribution in [3.63, 3.8) is 0 Å². The Morgan fingerprint density at radius 1 is 1.30 bits per heavy atom. The molecule has 1 saturated heterocycles. The molecule has 20 heavy (non-hydrogen) atoms. The van der Waals surface area contributed by atoms with Crippen LogP contribution < -0.4 is 5.32 Å². The standard InChI is InChI=1S/C18H30N2/c1-6-16-9-8-15(4)20(16)12-18(19-5)17-10-7-13(2)11-14(17)3/h7,10-11,15-16,18-19H,6,8-9,12H2,1-5H3. The van der Waals surface area contributed by atoms with Crippen LogP contribution in [0.2, 0.25) is 0 Å². The largest absolute Gasteiger partial charge is 0.312 e. The molecule has 0 saturated carbocycles. The molecule has 2 rings (SSSR count). The van der Waals surface area contributed by atoms with E-state index in [0.717, 1.165) is 18.6 Å². The molecule has 2 heteroatoms. The number of nitrogens with one attached hydrogen (secondary N) is 1. The Kier molecular flexibility index (Phi) is 5.22. The van der Waals surface area contributed by atoms with Gasteiger partial charge in [-0.05, 0) is 58.2 Å². The molecule has 1 N–H and O–H groups in total. The van der Waals surface area contributed by atoms with Crippen LogP contribution in [-0.2, 0) is 0 Å². The minimum Gasteiger partial charge on any atom is -0.312 e. The van der Waals surface area contributed by atoms with Crippen LogP contribution in [0.4, 0.5) is 0 Å². The second-order valence-electron chi connectivity index (χ2n) is 6.39. The highest BCUT2D eigenvalue weighted by molar-refractivity contribution is 5.33. The molecule has 1 aliphatic rings. The minimum absolute atomic E-state index is 0.435. The number of hydrogen-bond donors (Lipinski definition) is 1. The molecular formula is C18H30N2. The van der Waals surface area contributed by atoms with Crippen LogP contribution in [0.1, 0.15) is 55.8 Å². The molecule has 2 nitrogen and oxygen atoms in total. The van der Waals surface area contributed by atoms with Gasteiger partial charge in [-0.15, -0.1) is 0 Å². The Morgan fingerprint density at radius 2 is 2.05 bits per heavy atom. The highest BCUT2D eigenvalue weighted by Gasteiger charge is 2.31. The topological polar surface area (TPSA) is 15.3 Å². The third-order valence-corrected chi connectivity index (χ3v) is 4.97. The van der Waals surface area contributed by atoms with Gasteiger partial charge in [0, 0.05) is 24.7 Å². The van der Waals surface area contributed by atoms with Crippen molar-refractivity contribution in [3.05, 3.63) is 34.9 Å². The predicted octanol–water partition coefficient (Wildman–Crippen LogP) is 3.83. The van der Waals surface area contributed by atoms with Crippen molar-refractivity contribution in [1.29, 1.82) is 0 Å². The van der Waals surface area contributed by atoms with Crippen molar-refractivity contribution in [2.45, 2.75) is 65.1 Å². The van der Waals surface area contributed by atoms with E-state index in [4.69, 9.17) is 0 Å². The lowest BCUT2D eigenvalue weighted by Gasteiger charge is -2.32. The maximum absolute atomic E-state index is 3.53. The lowest BCUT2D eigenvalue weighted by molar-refractivity contribution is 0.179. The Bertz CT molecular complexity index is 441. The maximum atomic E-state index is 3.53. The summed E-state index contributed by atoms with van der Waals surface area (Å²) < 4.78 is 0. The number of aryl methyl sites for hydroxylation is 2. The first-order valence-electron chi connectivity index (χ1n) is 8.07. The molecule has 1 fully saturated rings. The zero-order valence-corrected chi connectivity index (χ0v) is 13.7. The van der Waals surface area contributed by atoms with Gasteiger partial charge in [0.25, 0.3) is 0 Å². The number of hydrogen-bond acceptors (Lipinski definition) is 2. The molecule has 1 aromatic carbocycles. The summed E-state index contributed by atoms with van der Waals surface area (Å²) in [5.74, 6) is 0. The molecule has 0 amide bonds. The molecule has 112 valence electrons. The molecule has 0 spiro atoms. The van der Waals surface area contributed by atoms with Crippen molar-refractivity contribution < 1.29 is 0 Å². The van der Waals surface area contributed by atoms with Crippen LogP contribution in [0.25, 0.3) is 0 Å². The fourth-order valence-electron chi connectivity index (χ4n) is 3.67. The summed E-state index contributed by atoms with van der Waals surface area (Å²) in [6, 6.07) is 8.76. The Balaban J connectivity index is 2.16. The summed E-state index contributed by atoms with van der Waals surface area (Å²) in [6.45, 7) is 10.2. The minimum atomic E-state index is 0.435. The lowest BCUT2D eigenvalue weighted by Crippen LogP contribution is -2.40. The lowest BCUT2D eigenvalue weighted by atomic mass is 9.98. The van der Waals surface area contributed by atoms with E-state index in [1.165, 1.54) is 36.0 Å². The SMILES string of the molecule is CCC1CCC(C)N1CC(NC)c1ccc(C)cc1C. The zero-order valence-electron chi connectivity index (χ0n) is 13.7. The monoisotopic (exact) mass is 274 g/mol. The third-order valence-electron chi connectivity index (χ3n) is 4.97. The molecule has 1 aromatic rings. The molecule has 3 atom stereocenters. The van der Waals surface area contributed by atoms with Crippen LogP contribution in [-0.4, -0.2) is 30.6 Å². The number of likely N-dealkylation sites (tertiary alicyclic amines) is 1. The maximum Gasteiger partial charge on any atom is 0.0449 e. The molecule has 0 bridgehead atoms. The zero-order chi connectivity index (χ0) is 14.7. The summed E-state index contributed by atoms with van der Waals surface area (Å²) in [5.41, 5.74) is 4.21. The van der Waals surface area contributed by atoms with Gasteiger partial charge in [-0.2, -0.15) is 0 Å². The van der Waals surface area contributed by atoms with E-state index in [1.807, 2.05) is 0 Å². The van der Waals surface area contributed by atoms with Crippen LogP contribution in [0.3, 0.4) is 0 Å². The van der Waals surface area contributed by atoms with Crippen molar-refractivity contribution in [1.82, 2.24) is 10.2 Å². The number of benzene rings is 1. The Morgan fingerprint density at radius 3 is 2.65 bits per heavy atom. The molecule has 1 aliphatic heterocycles. The van der Waals surface area contributed by atoms with E-state index in [1.54, 1.807) is 0 Å². The Labute approximate surface area is 124 Å². The van der Waals surface area contributed by atoms with E-state index in [2.05, 4.69) is 63.2 Å². The molecular weight excluding hydrogens is 244 g/mol. The van der Waals surface area contributed by atoms with E-state index in [9.17, 15) is 0 Å². The fourth-order valence-corrected chi connectivity index (χ4v) is 3.67. The van der Waals surface area contributed by atoms with Gasteiger partial charge in [0.15, 0.2) is 0 Å². The van der Waals surface area contributed by atoms with E-state index in [-0.39, 0.29) is 0 Å². The predicted molar refractivity (Wildman–Crippen MR) is 87.2 cm³/mol. The van der Waals surface area contributed by atoms with Gasteiger partial charge in [0.1, 0.15) is 0 Å². The average molecular weight is 274 g/mol. The van der Waals surface area contributed by atoms with Crippen molar-refractivity contribution >= 4 is 0 Å². The molecule has 3 unspecified atom stereocenters. The van der Waals surface area contributed by atoms with Gasteiger partial charge in [-0.3, -0.25) is 4.90 Å². The van der Waals surface area contributed by atoms with Crippen molar-refractivity contribution in [3.8, 4) is 0 Å². The molecule has 1 heterocycles. The average Bonchev–Trinajstić information content (AvgIpc) is 2.77. The van der Waals surface area contributed by atoms with Gasteiger partial charge in [0.05, 0.1) is 0 Å². The van der Waals surface area contributed by atoms with Crippen molar-refractivity contribution in [2.24, 2.45) is 0 Å². The summed E-state index contributed by atoms with van der Waals surface area (Å²) in [6.07, 6.45) is 3.98. The first kappa shape index (κ1) is 15.5. The van der Waals surface area contributed by atoms with Gasteiger partial charge < -0.3 is 5.32 Å². The number of likely N-dealkylation sites (N-methyl/N-ethyl adjacent to an activating group) is 1. The number of nitrogens with zero attached hydrogens (tertiary/aromatic N) is 1. The molecule has 0 aliphatic carbocycles. The number of rotatable bonds is 5. The van der Waals surface area contributed by atoms with Gasteiger partial charge in [0.2, 0.25) is 0 Å². The quantitative estimate of drug-likeness (QED) is 0.878. The first-order valence-corrected chi connectivity index (χ1v) is 8.07. The second-order valence-corrected chi connectivity index (χ2v) is 6.39.